The van der Waals surface area contributed by atoms with E-state index in [1.54, 1.807) is 11.1 Å². The predicted octanol–water partition coefficient (Wildman–Crippen LogP) is 4.84. The Kier molecular flexibility index (Phi) is 5.01. The Morgan fingerprint density at radius 3 is 2.60 bits per heavy atom. The largest absolute Gasteiger partial charge is 0.466 e. The summed E-state index contributed by atoms with van der Waals surface area (Å²) in [6.07, 6.45) is 11.8. The highest BCUT2D eigenvalue weighted by Gasteiger charge is 2.48. The van der Waals surface area contributed by atoms with Gasteiger partial charge in [-0.05, 0) is 69.1 Å². The van der Waals surface area contributed by atoms with E-state index in [-0.39, 0.29) is 23.7 Å². The number of cyclic esters (lactones) is 1. The third-order valence-corrected chi connectivity index (χ3v) is 7.45. The second-order valence-corrected chi connectivity index (χ2v) is 8.88. The third-order valence-electron chi connectivity index (χ3n) is 7.45. The van der Waals surface area contributed by atoms with Crippen LogP contribution in [-0.2, 0) is 14.3 Å². The highest BCUT2D eigenvalue weighted by molar-refractivity contribution is 5.85. The van der Waals surface area contributed by atoms with Crippen molar-refractivity contribution in [3.05, 3.63) is 11.1 Å². The first-order valence-electron chi connectivity index (χ1n) is 10.6. The lowest BCUT2D eigenvalue weighted by Crippen LogP contribution is -2.30. The van der Waals surface area contributed by atoms with Crippen LogP contribution in [0.4, 0.5) is 0 Å². The molecule has 2 saturated carbocycles. The zero-order valence-electron chi connectivity index (χ0n) is 15.6. The molecule has 138 valence electrons. The summed E-state index contributed by atoms with van der Waals surface area (Å²) >= 11 is 0. The standard InChI is InChI=1S/C22H32O3/c1-14-6-3-2-4-11-25-21(23)13-19-17-10-9-15-7-5-8-16(15)18(17)12-20(19)22(14)24/h14-15,17,19-20H,2-13H2,1H3. The van der Waals surface area contributed by atoms with Crippen molar-refractivity contribution < 1.29 is 14.3 Å². The normalized spacial score (nSPS) is 39.8. The van der Waals surface area contributed by atoms with E-state index >= 15 is 0 Å². The van der Waals surface area contributed by atoms with Gasteiger partial charge in [0.1, 0.15) is 5.78 Å². The Bertz CT molecular complexity index is 576. The number of carbonyl (C=O) groups is 2. The molecule has 0 N–H and O–H groups in total. The number of ether oxygens (including phenoxy) is 1. The van der Waals surface area contributed by atoms with Gasteiger partial charge in [-0.2, -0.15) is 0 Å². The Hall–Kier alpha value is -1.12. The van der Waals surface area contributed by atoms with Gasteiger partial charge in [-0.1, -0.05) is 30.9 Å². The van der Waals surface area contributed by atoms with Crippen molar-refractivity contribution in [3.63, 3.8) is 0 Å². The first-order chi connectivity index (χ1) is 12.1. The molecule has 25 heavy (non-hydrogen) atoms. The Labute approximate surface area is 151 Å². The molecule has 0 radical (unpaired) electrons. The van der Waals surface area contributed by atoms with E-state index in [0.717, 1.165) is 38.0 Å². The van der Waals surface area contributed by atoms with Crippen molar-refractivity contribution in [2.45, 2.75) is 77.6 Å². The summed E-state index contributed by atoms with van der Waals surface area (Å²) in [5, 5.41) is 0. The summed E-state index contributed by atoms with van der Waals surface area (Å²) < 4.78 is 5.49. The molecular formula is C22H32O3. The Morgan fingerprint density at radius 2 is 1.72 bits per heavy atom. The minimum atomic E-state index is -0.0733. The summed E-state index contributed by atoms with van der Waals surface area (Å²) in [5.74, 6) is 2.02. The first kappa shape index (κ1) is 17.3. The molecule has 0 aromatic heterocycles. The average Bonchev–Trinajstić information content (AvgIpc) is 3.20. The molecule has 5 atom stereocenters. The Balaban J connectivity index is 1.63. The number of allylic oxidation sites excluding steroid dienone is 2. The lowest BCUT2D eigenvalue weighted by Gasteiger charge is -2.30. The Morgan fingerprint density at radius 1 is 0.840 bits per heavy atom. The molecule has 0 aromatic carbocycles. The molecule has 0 amide bonds. The maximum Gasteiger partial charge on any atom is 0.306 e. The number of hydrogen-bond donors (Lipinski definition) is 0. The molecule has 0 spiro atoms. The maximum absolute atomic E-state index is 13.2. The second-order valence-electron chi connectivity index (χ2n) is 8.88. The van der Waals surface area contributed by atoms with Crippen molar-refractivity contribution in [2.75, 3.05) is 6.61 Å². The van der Waals surface area contributed by atoms with Gasteiger partial charge in [0.2, 0.25) is 0 Å². The van der Waals surface area contributed by atoms with E-state index in [9.17, 15) is 9.59 Å². The van der Waals surface area contributed by atoms with E-state index in [0.29, 0.717) is 24.7 Å². The number of fused-ring (bicyclic) bond motifs is 4. The SMILES string of the molecule is CC1CCCCCOC(=O)CC2C(CC3=C4CCCC4CCC32)C1=O. The van der Waals surface area contributed by atoms with Crippen molar-refractivity contribution >= 4 is 11.8 Å². The molecule has 0 aromatic rings. The van der Waals surface area contributed by atoms with Crippen LogP contribution in [0.2, 0.25) is 0 Å². The fraction of sp³-hybridized carbons (Fsp3) is 0.818. The van der Waals surface area contributed by atoms with Crippen molar-refractivity contribution in [2.24, 2.45) is 29.6 Å². The van der Waals surface area contributed by atoms with Crippen LogP contribution in [0.25, 0.3) is 0 Å². The number of hydrogen-bond acceptors (Lipinski definition) is 3. The minimum absolute atomic E-state index is 0.0637. The third kappa shape index (κ3) is 3.31. The van der Waals surface area contributed by atoms with Crippen LogP contribution >= 0.6 is 0 Å². The number of Topliss-reactive ketones (excluding diaryl/α,β-unsaturated/α-hetero) is 1. The molecule has 1 heterocycles. The number of rotatable bonds is 0. The summed E-state index contributed by atoms with van der Waals surface area (Å²) in [6, 6.07) is 0. The fourth-order valence-electron chi connectivity index (χ4n) is 6.15. The van der Waals surface area contributed by atoms with Crippen LogP contribution in [0.5, 0.6) is 0 Å². The van der Waals surface area contributed by atoms with Gasteiger partial charge < -0.3 is 4.74 Å². The lowest BCUT2D eigenvalue weighted by atomic mass is 9.74. The quantitative estimate of drug-likeness (QED) is 0.466. The van der Waals surface area contributed by atoms with Crippen LogP contribution in [0.3, 0.4) is 0 Å². The van der Waals surface area contributed by atoms with Crippen LogP contribution in [-0.4, -0.2) is 18.4 Å². The summed E-state index contributed by atoms with van der Waals surface area (Å²) in [4.78, 5) is 25.6. The van der Waals surface area contributed by atoms with E-state index in [1.165, 1.54) is 32.1 Å². The van der Waals surface area contributed by atoms with Crippen molar-refractivity contribution in [1.82, 2.24) is 0 Å². The number of ketones is 1. The number of esters is 1. The highest BCUT2D eigenvalue weighted by atomic mass is 16.5. The second kappa shape index (κ2) is 7.25. The molecule has 3 aliphatic carbocycles. The van der Waals surface area contributed by atoms with Crippen molar-refractivity contribution in [3.8, 4) is 0 Å². The van der Waals surface area contributed by atoms with Gasteiger partial charge in [-0.3, -0.25) is 9.59 Å². The van der Waals surface area contributed by atoms with Crippen molar-refractivity contribution in [1.29, 1.82) is 0 Å². The zero-order valence-corrected chi connectivity index (χ0v) is 15.6. The average molecular weight is 344 g/mol. The molecule has 3 nitrogen and oxygen atoms in total. The molecular weight excluding hydrogens is 312 g/mol. The van der Waals surface area contributed by atoms with E-state index in [2.05, 4.69) is 6.92 Å². The van der Waals surface area contributed by atoms with Gasteiger partial charge >= 0.3 is 5.97 Å². The molecule has 5 unspecified atom stereocenters. The summed E-state index contributed by atoms with van der Waals surface area (Å²) in [6.45, 7) is 2.67. The van der Waals surface area contributed by atoms with Crippen LogP contribution in [0.15, 0.2) is 11.1 Å². The minimum Gasteiger partial charge on any atom is -0.466 e. The monoisotopic (exact) mass is 344 g/mol. The van der Waals surface area contributed by atoms with E-state index in [1.807, 2.05) is 0 Å². The highest BCUT2D eigenvalue weighted by Crippen LogP contribution is 2.55. The zero-order chi connectivity index (χ0) is 17.4. The summed E-state index contributed by atoms with van der Waals surface area (Å²) in [7, 11) is 0. The molecule has 1 aliphatic heterocycles. The topological polar surface area (TPSA) is 43.4 Å². The molecule has 1 saturated heterocycles. The van der Waals surface area contributed by atoms with Gasteiger partial charge in [-0.15, -0.1) is 0 Å². The van der Waals surface area contributed by atoms with E-state index < -0.39 is 0 Å². The van der Waals surface area contributed by atoms with Gasteiger partial charge in [0.25, 0.3) is 0 Å². The molecule has 4 rings (SSSR count). The lowest BCUT2D eigenvalue weighted by molar-refractivity contribution is -0.146. The van der Waals surface area contributed by atoms with Gasteiger partial charge in [0.05, 0.1) is 6.61 Å². The summed E-state index contributed by atoms with van der Waals surface area (Å²) in [5.41, 5.74) is 3.27. The predicted molar refractivity (Wildman–Crippen MR) is 96.9 cm³/mol. The molecule has 0 bridgehead atoms. The van der Waals surface area contributed by atoms with Gasteiger partial charge in [0.15, 0.2) is 0 Å². The molecule has 3 fully saturated rings. The number of carbonyl (C=O) groups excluding carboxylic acids is 2. The van der Waals surface area contributed by atoms with Crippen LogP contribution < -0.4 is 0 Å². The first-order valence-corrected chi connectivity index (χ1v) is 10.6. The van der Waals surface area contributed by atoms with Gasteiger partial charge in [0, 0.05) is 18.3 Å². The smallest absolute Gasteiger partial charge is 0.306 e. The van der Waals surface area contributed by atoms with Gasteiger partial charge in [-0.25, -0.2) is 0 Å². The fourth-order valence-corrected chi connectivity index (χ4v) is 6.15. The molecule has 3 heteroatoms. The maximum atomic E-state index is 13.2. The van der Waals surface area contributed by atoms with E-state index in [4.69, 9.17) is 4.74 Å². The molecule has 4 aliphatic rings. The van der Waals surface area contributed by atoms with Crippen LogP contribution in [0, 0.1) is 29.6 Å². The van der Waals surface area contributed by atoms with Crippen LogP contribution in [0.1, 0.15) is 77.6 Å².